The summed E-state index contributed by atoms with van der Waals surface area (Å²) in [5, 5.41) is 5.53. The minimum absolute atomic E-state index is 0.162. The Balaban J connectivity index is 1.03. The molecule has 2 N–H and O–H groups in total. The lowest BCUT2D eigenvalue weighted by Crippen LogP contribution is -2.50. The van der Waals surface area contributed by atoms with Crippen molar-refractivity contribution in [3.63, 3.8) is 0 Å². The number of carbonyl (C=O) groups excluding carboxylic acids is 4. The first kappa shape index (κ1) is 57.5. The number of carbonyl (C=O) groups is 4. The number of methoxy groups -OCH3 is 7. The molecule has 0 bridgehead atoms. The monoisotopic (exact) mass is 1050 g/mol. The van der Waals surface area contributed by atoms with Crippen LogP contribution in [-0.4, -0.2) is 117 Å². The third kappa shape index (κ3) is 15.9. The van der Waals surface area contributed by atoms with E-state index in [1.807, 2.05) is 67.6 Å². The summed E-state index contributed by atoms with van der Waals surface area (Å²) in [5.74, 6) is 2.71. The van der Waals surface area contributed by atoms with Crippen molar-refractivity contribution in [2.75, 3.05) is 82.6 Å². The van der Waals surface area contributed by atoms with Gasteiger partial charge in [-0.2, -0.15) is 0 Å². The lowest BCUT2D eigenvalue weighted by molar-refractivity contribution is -0.162. The average Bonchev–Trinajstić information content (AvgIpc) is 3.45. The first-order chi connectivity index (χ1) is 36.9. The molecule has 3 atom stereocenters. The molecule has 0 spiro atoms. The Morgan fingerprint density at radius 2 is 1.17 bits per heavy atom. The van der Waals surface area contributed by atoms with Crippen molar-refractivity contribution >= 4 is 23.7 Å². The number of likely N-dealkylation sites (tertiary alicyclic amines) is 1. The molecule has 1 saturated heterocycles. The number of hydrogen-bond donors (Lipinski definition) is 2. The summed E-state index contributed by atoms with van der Waals surface area (Å²) in [6.45, 7) is 2.16. The summed E-state index contributed by atoms with van der Waals surface area (Å²) in [7, 11) is 10.9. The minimum Gasteiger partial charge on any atom is -0.493 e. The van der Waals surface area contributed by atoms with E-state index in [1.54, 1.807) is 69.7 Å². The molecule has 1 aliphatic heterocycles. The molecular formula is C59H72N3O14. The van der Waals surface area contributed by atoms with Crippen LogP contribution in [0.1, 0.15) is 85.3 Å². The third-order valence-corrected chi connectivity index (χ3v) is 13.1. The number of amides is 3. The molecule has 1 heterocycles. The van der Waals surface area contributed by atoms with E-state index in [0.29, 0.717) is 95.1 Å². The molecule has 17 nitrogen and oxygen atoms in total. The van der Waals surface area contributed by atoms with Crippen LogP contribution in [0.2, 0.25) is 0 Å². The van der Waals surface area contributed by atoms with Gasteiger partial charge >= 0.3 is 5.97 Å². The van der Waals surface area contributed by atoms with Gasteiger partial charge in [-0.25, -0.2) is 4.79 Å². The van der Waals surface area contributed by atoms with Gasteiger partial charge in [-0.3, -0.25) is 14.4 Å². The SMILES string of the molecule is CC[C@H](C(=O)N1CCCC[C@H]1C(=O)O[C@H](CCc1ccc(OC)c(OC)c1)c1cccc(OCC(=O)NCCNC(=O)COc2cccc([CH]CCc3ccc(OC)c(OC)c3)c2)c1)c1cc(OC)c(OC)c(OC)c1. The topological polar surface area (TPSA) is 188 Å². The molecule has 1 radical (unpaired) electrons. The van der Waals surface area contributed by atoms with Crippen molar-refractivity contribution in [2.24, 2.45) is 0 Å². The van der Waals surface area contributed by atoms with E-state index < -0.39 is 29.9 Å². The zero-order chi connectivity index (χ0) is 54.4. The highest BCUT2D eigenvalue weighted by molar-refractivity contribution is 5.89. The first-order valence-corrected chi connectivity index (χ1v) is 25.5. The second kappa shape index (κ2) is 29.3. The molecule has 6 rings (SSSR count). The van der Waals surface area contributed by atoms with Gasteiger partial charge in [-0.05, 0) is 146 Å². The van der Waals surface area contributed by atoms with Gasteiger partial charge in [0.2, 0.25) is 11.7 Å². The van der Waals surface area contributed by atoms with Crippen molar-refractivity contribution in [3.05, 3.63) is 131 Å². The molecule has 407 valence electrons. The predicted octanol–water partition coefficient (Wildman–Crippen LogP) is 8.41. The number of benzene rings is 5. The molecule has 76 heavy (non-hydrogen) atoms. The Bertz CT molecular complexity index is 2690. The largest absolute Gasteiger partial charge is 0.493 e. The van der Waals surface area contributed by atoms with Crippen LogP contribution in [0, 0.1) is 6.42 Å². The summed E-state index contributed by atoms with van der Waals surface area (Å²) < 4.78 is 56.6. The van der Waals surface area contributed by atoms with E-state index in [4.69, 9.17) is 47.4 Å². The highest BCUT2D eigenvalue weighted by atomic mass is 16.6. The van der Waals surface area contributed by atoms with E-state index >= 15 is 0 Å². The van der Waals surface area contributed by atoms with Crippen molar-refractivity contribution in [2.45, 2.75) is 76.4 Å². The molecule has 5 aromatic rings. The average molecular weight is 1050 g/mol. The summed E-state index contributed by atoms with van der Waals surface area (Å²) in [4.78, 5) is 56.2. The van der Waals surface area contributed by atoms with Crippen molar-refractivity contribution < 1.29 is 66.5 Å². The summed E-state index contributed by atoms with van der Waals surface area (Å²) in [5.41, 5.74) is 4.34. The predicted molar refractivity (Wildman–Crippen MR) is 286 cm³/mol. The summed E-state index contributed by atoms with van der Waals surface area (Å²) in [6.07, 6.45) is 6.18. The molecule has 0 unspecified atom stereocenters. The number of rotatable bonds is 29. The number of aryl methyl sites for hydroxylation is 2. The molecule has 1 aliphatic rings. The summed E-state index contributed by atoms with van der Waals surface area (Å²) in [6, 6.07) is 28.8. The Hall–Kier alpha value is -7.82. The Morgan fingerprint density at radius 1 is 0.605 bits per heavy atom. The fourth-order valence-electron chi connectivity index (χ4n) is 9.12. The molecule has 5 aromatic carbocycles. The maximum Gasteiger partial charge on any atom is 0.329 e. The van der Waals surface area contributed by atoms with Crippen LogP contribution in [0.5, 0.6) is 51.7 Å². The molecule has 0 aromatic heterocycles. The van der Waals surface area contributed by atoms with E-state index in [9.17, 15) is 19.2 Å². The maximum atomic E-state index is 14.5. The summed E-state index contributed by atoms with van der Waals surface area (Å²) >= 11 is 0. The lowest BCUT2D eigenvalue weighted by Gasteiger charge is -2.37. The Morgan fingerprint density at radius 3 is 1.74 bits per heavy atom. The van der Waals surface area contributed by atoms with Crippen LogP contribution in [0.4, 0.5) is 0 Å². The van der Waals surface area contributed by atoms with E-state index in [1.165, 1.54) is 21.3 Å². The zero-order valence-electron chi connectivity index (χ0n) is 44.9. The van der Waals surface area contributed by atoms with E-state index in [2.05, 4.69) is 17.1 Å². The number of ether oxygens (including phenoxy) is 10. The van der Waals surface area contributed by atoms with Gasteiger partial charge in [0.05, 0.1) is 55.7 Å². The number of nitrogens with one attached hydrogen (secondary N) is 2. The fraction of sp³-hybridized carbons (Fsp3) is 0.407. The van der Waals surface area contributed by atoms with Gasteiger partial charge in [0.15, 0.2) is 47.7 Å². The lowest BCUT2D eigenvalue weighted by atomic mass is 9.91. The van der Waals surface area contributed by atoms with Crippen molar-refractivity contribution in [1.29, 1.82) is 0 Å². The normalized spacial score (nSPS) is 13.8. The highest BCUT2D eigenvalue weighted by Crippen LogP contribution is 2.42. The van der Waals surface area contributed by atoms with Gasteiger partial charge in [0.25, 0.3) is 11.8 Å². The Kier molecular flexibility index (Phi) is 22.2. The third-order valence-electron chi connectivity index (χ3n) is 13.1. The molecule has 17 heteroatoms. The zero-order valence-corrected chi connectivity index (χ0v) is 44.9. The quantitative estimate of drug-likeness (QED) is 0.0343. The molecule has 0 saturated carbocycles. The smallest absolute Gasteiger partial charge is 0.329 e. The molecule has 1 fully saturated rings. The van der Waals surface area contributed by atoms with Crippen LogP contribution in [0.15, 0.2) is 97.1 Å². The van der Waals surface area contributed by atoms with Crippen LogP contribution in [0.3, 0.4) is 0 Å². The molecular weight excluding hydrogens is 975 g/mol. The second-order valence-corrected chi connectivity index (χ2v) is 18.0. The Labute approximate surface area is 446 Å². The highest BCUT2D eigenvalue weighted by Gasteiger charge is 2.38. The van der Waals surface area contributed by atoms with Gasteiger partial charge in [-0.15, -0.1) is 0 Å². The van der Waals surface area contributed by atoms with Gasteiger partial charge in [0.1, 0.15) is 23.6 Å². The van der Waals surface area contributed by atoms with Crippen LogP contribution >= 0.6 is 0 Å². The van der Waals surface area contributed by atoms with E-state index in [-0.39, 0.29) is 38.1 Å². The van der Waals surface area contributed by atoms with Crippen LogP contribution in [-0.2, 0) is 36.8 Å². The van der Waals surface area contributed by atoms with Crippen molar-refractivity contribution in [3.8, 4) is 51.7 Å². The van der Waals surface area contributed by atoms with Gasteiger partial charge < -0.3 is 62.9 Å². The molecule has 3 amide bonds. The first-order valence-electron chi connectivity index (χ1n) is 25.5. The van der Waals surface area contributed by atoms with Crippen LogP contribution < -0.4 is 53.3 Å². The molecule has 0 aliphatic carbocycles. The number of hydrogen-bond acceptors (Lipinski definition) is 14. The van der Waals surface area contributed by atoms with Crippen LogP contribution in [0.25, 0.3) is 0 Å². The number of esters is 1. The second-order valence-electron chi connectivity index (χ2n) is 18.0. The maximum absolute atomic E-state index is 14.5. The van der Waals surface area contributed by atoms with Crippen molar-refractivity contribution in [1.82, 2.24) is 15.5 Å². The van der Waals surface area contributed by atoms with Gasteiger partial charge in [-0.1, -0.05) is 43.3 Å². The van der Waals surface area contributed by atoms with E-state index in [0.717, 1.165) is 42.4 Å². The van der Waals surface area contributed by atoms with Gasteiger partial charge in [0, 0.05) is 19.6 Å². The number of piperidine rings is 1. The standard InChI is InChI=1S/C59H72N3O14/c1-9-46(43-35-53(71-6)57(73-8)54(36-43)72-7)58(65)62-30-11-10-21-47(62)59(66)76-48(25-22-41-24-27-50(68-3)52(33-41)70-5)42-18-14-20-45(34-42)75-38-56(64)61-29-28-60-55(63)37-74-44-19-13-17-39(31-44)15-12-16-40-23-26-49(67-2)51(32-40)69-4/h13-15,17-20,23-24,26-27,31-36,46-48H,9-12,16,21-22,25,28-30,37-38H2,1-8H3,(H,60,63)(H,61,64)/t46-,47-,48+/m0/s1. The number of nitrogens with zero attached hydrogens (tertiary/aromatic N) is 1. The minimum atomic E-state index is -0.823. The fourth-order valence-corrected chi connectivity index (χ4v) is 9.12.